The van der Waals surface area contributed by atoms with Crippen LogP contribution in [0.25, 0.3) is 0 Å². The van der Waals surface area contributed by atoms with Crippen molar-refractivity contribution < 1.29 is 0 Å². The Bertz CT molecular complexity index is 351. The van der Waals surface area contributed by atoms with Gasteiger partial charge in [0.25, 0.3) is 0 Å². The summed E-state index contributed by atoms with van der Waals surface area (Å²) in [7, 11) is 0.0307. The second-order valence-corrected chi connectivity index (χ2v) is 6.35. The number of rotatable bonds is 3. The first-order chi connectivity index (χ1) is 7.36. The average Bonchev–Trinajstić information content (AvgIpc) is 2.72. The molecule has 0 amide bonds. The van der Waals surface area contributed by atoms with E-state index in [0.717, 1.165) is 0 Å². The molecule has 1 aliphatic rings. The Balaban J connectivity index is 2.29. The summed E-state index contributed by atoms with van der Waals surface area (Å²) in [6.45, 7) is 4.61. The zero-order valence-electron chi connectivity index (χ0n) is 9.66. The van der Waals surface area contributed by atoms with Crippen LogP contribution in [0.1, 0.15) is 33.1 Å². The van der Waals surface area contributed by atoms with Crippen molar-refractivity contribution in [2.75, 3.05) is 6.16 Å². The predicted molar refractivity (Wildman–Crippen MR) is 70.1 cm³/mol. The van der Waals surface area contributed by atoms with Crippen molar-refractivity contribution in [1.29, 1.82) is 0 Å². The summed E-state index contributed by atoms with van der Waals surface area (Å²) in [5, 5.41) is 3.35. The van der Waals surface area contributed by atoms with E-state index in [2.05, 4.69) is 44.2 Å². The molecule has 0 fully saturated rings. The molecule has 1 heterocycles. The zero-order valence-corrected chi connectivity index (χ0v) is 10.6. The summed E-state index contributed by atoms with van der Waals surface area (Å²) in [6, 6.07) is 11.1. The van der Waals surface area contributed by atoms with Crippen molar-refractivity contribution in [2.45, 2.75) is 33.1 Å². The number of benzene rings is 1. The quantitative estimate of drug-likeness (QED) is 0.664. The molecule has 0 spiro atoms. The van der Waals surface area contributed by atoms with Crippen LogP contribution in [0.2, 0.25) is 0 Å². The van der Waals surface area contributed by atoms with Gasteiger partial charge in [0.2, 0.25) is 0 Å². The minimum atomic E-state index is 0.0307. The van der Waals surface area contributed by atoms with Crippen LogP contribution in [0.3, 0.4) is 0 Å². The number of hydrogen-bond donors (Lipinski definition) is 0. The summed E-state index contributed by atoms with van der Waals surface area (Å²) >= 11 is 0. The van der Waals surface area contributed by atoms with Crippen LogP contribution in [0.15, 0.2) is 41.2 Å². The maximum atomic E-state index is 2.31. The van der Waals surface area contributed by atoms with Crippen LogP contribution in [-0.2, 0) is 0 Å². The highest BCUT2D eigenvalue weighted by Gasteiger charge is 2.23. The fraction of sp³-hybridized carbons (Fsp3) is 0.429. The molecule has 80 valence electrons. The Morgan fingerprint density at radius 1 is 1.07 bits per heavy atom. The van der Waals surface area contributed by atoms with Gasteiger partial charge in [-0.2, -0.15) is 0 Å². The van der Waals surface area contributed by atoms with Crippen molar-refractivity contribution in [3.63, 3.8) is 0 Å². The minimum absolute atomic E-state index is 0.0307. The SMILES string of the molecule is CCC1=C(CC)P(c2ccccc2)CC1. The van der Waals surface area contributed by atoms with Crippen LogP contribution >= 0.6 is 7.92 Å². The zero-order chi connectivity index (χ0) is 10.7. The Morgan fingerprint density at radius 3 is 2.40 bits per heavy atom. The third kappa shape index (κ3) is 2.16. The molecule has 0 aromatic heterocycles. The molecule has 15 heavy (non-hydrogen) atoms. The molecule has 1 aromatic carbocycles. The first kappa shape index (κ1) is 10.9. The first-order valence-corrected chi connectivity index (χ1v) is 7.43. The topological polar surface area (TPSA) is 0 Å². The van der Waals surface area contributed by atoms with Gasteiger partial charge in [-0.15, -0.1) is 0 Å². The molecule has 2 rings (SSSR count). The van der Waals surface area contributed by atoms with Crippen molar-refractivity contribution in [3.8, 4) is 0 Å². The van der Waals surface area contributed by atoms with Gasteiger partial charge in [0.05, 0.1) is 0 Å². The van der Waals surface area contributed by atoms with Crippen LogP contribution in [-0.4, -0.2) is 6.16 Å². The summed E-state index contributed by atoms with van der Waals surface area (Å²) in [5.41, 5.74) is 1.74. The van der Waals surface area contributed by atoms with Crippen molar-refractivity contribution in [3.05, 3.63) is 41.2 Å². The van der Waals surface area contributed by atoms with Crippen LogP contribution in [0.5, 0.6) is 0 Å². The highest BCUT2D eigenvalue weighted by Crippen LogP contribution is 2.54. The van der Waals surface area contributed by atoms with Crippen molar-refractivity contribution >= 4 is 13.2 Å². The molecule has 0 radical (unpaired) electrons. The molecule has 1 atom stereocenters. The molecule has 0 N–H and O–H groups in total. The van der Waals surface area contributed by atoms with E-state index in [0.29, 0.717) is 0 Å². The Kier molecular flexibility index (Phi) is 3.59. The lowest BCUT2D eigenvalue weighted by Gasteiger charge is -2.15. The van der Waals surface area contributed by atoms with Gasteiger partial charge in [0.1, 0.15) is 0 Å². The molecule has 0 saturated heterocycles. The molecule has 1 aromatic rings. The van der Waals surface area contributed by atoms with E-state index >= 15 is 0 Å². The van der Waals surface area contributed by atoms with E-state index in [-0.39, 0.29) is 7.92 Å². The third-order valence-corrected chi connectivity index (χ3v) is 6.08. The molecule has 1 unspecified atom stereocenters. The molecular weight excluding hydrogens is 199 g/mol. The molecule has 0 aliphatic carbocycles. The lowest BCUT2D eigenvalue weighted by Crippen LogP contribution is -2.00. The lowest BCUT2D eigenvalue weighted by atomic mass is 10.1. The summed E-state index contributed by atoms with van der Waals surface area (Å²) in [4.78, 5) is 0. The van der Waals surface area contributed by atoms with Crippen LogP contribution in [0.4, 0.5) is 0 Å². The van der Waals surface area contributed by atoms with E-state index in [1.54, 1.807) is 16.2 Å². The third-order valence-electron chi connectivity index (χ3n) is 3.20. The maximum absolute atomic E-state index is 2.31. The standard InChI is InChI=1S/C14H19P/c1-3-12-10-11-15(14(12)4-2)13-8-6-5-7-9-13/h5-9H,3-4,10-11H2,1-2H3. The van der Waals surface area contributed by atoms with Gasteiger partial charge in [-0.05, 0) is 44.0 Å². The number of allylic oxidation sites excluding steroid dienone is 2. The van der Waals surface area contributed by atoms with Gasteiger partial charge in [0, 0.05) is 0 Å². The summed E-state index contributed by atoms with van der Waals surface area (Å²) in [5.74, 6) is 0. The van der Waals surface area contributed by atoms with E-state index in [9.17, 15) is 0 Å². The molecule has 0 saturated carbocycles. The largest absolute Gasteiger partial charge is 0.0661 e. The van der Waals surface area contributed by atoms with Gasteiger partial charge in [-0.25, -0.2) is 0 Å². The molecule has 1 heteroatoms. The monoisotopic (exact) mass is 218 g/mol. The van der Waals surface area contributed by atoms with Gasteiger partial charge < -0.3 is 0 Å². The Hall–Kier alpha value is -0.610. The van der Waals surface area contributed by atoms with Gasteiger partial charge in [-0.3, -0.25) is 0 Å². The average molecular weight is 218 g/mol. The highest BCUT2D eigenvalue weighted by atomic mass is 31.1. The highest BCUT2D eigenvalue weighted by molar-refractivity contribution is 7.70. The van der Waals surface area contributed by atoms with Crippen molar-refractivity contribution in [2.24, 2.45) is 0 Å². The second kappa shape index (κ2) is 4.94. The van der Waals surface area contributed by atoms with E-state index in [1.807, 2.05) is 0 Å². The summed E-state index contributed by atoms with van der Waals surface area (Å²) < 4.78 is 0. The fourth-order valence-corrected chi connectivity index (χ4v) is 5.33. The first-order valence-electron chi connectivity index (χ1n) is 5.90. The summed E-state index contributed by atoms with van der Waals surface area (Å²) in [6.07, 6.45) is 5.25. The number of hydrogen-bond acceptors (Lipinski definition) is 0. The van der Waals surface area contributed by atoms with Gasteiger partial charge in [-0.1, -0.05) is 49.8 Å². The molecule has 0 nitrogen and oxygen atoms in total. The Labute approximate surface area is 94.2 Å². The van der Waals surface area contributed by atoms with Crippen LogP contribution in [0, 0.1) is 0 Å². The smallest absolute Gasteiger partial charge is 0.0198 e. The molecular formula is C14H19P. The van der Waals surface area contributed by atoms with Crippen molar-refractivity contribution in [1.82, 2.24) is 0 Å². The van der Waals surface area contributed by atoms with E-state index < -0.39 is 0 Å². The Morgan fingerprint density at radius 2 is 1.80 bits per heavy atom. The normalized spacial score (nSPS) is 21.1. The van der Waals surface area contributed by atoms with Crippen LogP contribution < -0.4 is 5.30 Å². The van der Waals surface area contributed by atoms with Gasteiger partial charge >= 0.3 is 0 Å². The maximum Gasteiger partial charge on any atom is -0.0198 e. The molecule has 1 aliphatic heterocycles. The predicted octanol–water partition coefficient (Wildman–Crippen LogP) is 4.27. The fourth-order valence-electron chi connectivity index (χ4n) is 2.43. The van der Waals surface area contributed by atoms with Gasteiger partial charge in [0.15, 0.2) is 0 Å². The second-order valence-electron chi connectivity index (χ2n) is 3.99. The van der Waals surface area contributed by atoms with E-state index in [4.69, 9.17) is 0 Å². The minimum Gasteiger partial charge on any atom is -0.0661 e. The lowest BCUT2D eigenvalue weighted by molar-refractivity contribution is 0.975. The molecule has 0 bridgehead atoms. The van der Waals surface area contributed by atoms with E-state index in [1.165, 1.54) is 25.4 Å².